The van der Waals surface area contributed by atoms with E-state index in [0.29, 0.717) is 0 Å². The average Bonchev–Trinajstić information content (AvgIpc) is 2.45. The highest BCUT2D eigenvalue weighted by atomic mass is 35.5. The van der Waals surface area contributed by atoms with Crippen LogP contribution in [0.25, 0.3) is 11.1 Å². The van der Waals surface area contributed by atoms with E-state index < -0.39 is 0 Å². The van der Waals surface area contributed by atoms with E-state index in [0.717, 1.165) is 20.5 Å². The van der Waals surface area contributed by atoms with E-state index in [1.165, 1.54) is 4.88 Å². The number of thiophene rings is 1. The van der Waals surface area contributed by atoms with E-state index >= 15 is 0 Å². The molecule has 0 aliphatic heterocycles. The molecule has 0 spiro atoms. The smallest absolute Gasteiger partial charge is 0.101 e. The van der Waals surface area contributed by atoms with Crippen LogP contribution in [0.5, 0.6) is 0 Å². The van der Waals surface area contributed by atoms with Gasteiger partial charge >= 0.3 is 0 Å². The fourth-order valence-corrected chi connectivity index (χ4v) is 2.80. The first-order valence-corrected chi connectivity index (χ1v) is 5.76. The second-order valence-electron chi connectivity index (χ2n) is 3.05. The van der Waals surface area contributed by atoms with Gasteiger partial charge in [-0.25, -0.2) is 0 Å². The monoisotopic (exact) mass is 242 g/mol. The zero-order chi connectivity index (χ0) is 10.1. The van der Waals surface area contributed by atoms with Crippen LogP contribution in [-0.2, 0) is 0 Å². The Kier molecular flexibility index (Phi) is 2.82. The molecule has 1 aromatic carbocycles. The Hall–Kier alpha value is -0.500. The summed E-state index contributed by atoms with van der Waals surface area (Å²) < 4.78 is 0.824. The van der Waals surface area contributed by atoms with Gasteiger partial charge < -0.3 is 0 Å². The summed E-state index contributed by atoms with van der Waals surface area (Å²) >= 11 is 13.6. The molecule has 72 valence electrons. The number of aryl methyl sites for hydroxylation is 1. The summed E-state index contributed by atoms with van der Waals surface area (Å²) in [6, 6.07) is 9.81. The maximum absolute atomic E-state index is 6.11. The van der Waals surface area contributed by atoms with Crippen molar-refractivity contribution in [3.8, 4) is 11.1 Å². The van der Waals surface area contributed by atoms with Crippen molar-refractivity contribution in [3.63, 3.8) is 0 Å². The standard InChI is InChI=1S/C11H8Cl2S/c1-7-5-10(11(13)14-7)8-3-2-4-9(12)6-8/h2-6H,1H3. The zero-order valence-electron chi connectivity index (χ0n) is 7.55. The molecule has 0 atom stereocenters. The molecular weight excluding hydrogens is 235 g/mol. The van der Waals surface area contributed by atoms with Gasteiger partial charge in [-0.05, 0) is 30.7 Å². The molecule has 0 radical (unpaired) electrons. The minimum atomic E-state index is 0.738. The second-order valence-corrected chi connectivity index (χ2v) is 5.35. The molecule has 1 aromatic heterocycles. The highest BCUT2D eigenvalue weighted by Crippen LogP contribution is 2.35. The summed E-state index contributed by atoms with van der Waals surface area (Å²) in [5.74, 6) is 0. The summed E-state index contributed by atoms with van der Waals surface area (Å²) in [5, 5.41) is 0.738. The molecule has 0 N–H and O–H groups in total. The molecule has 0 saturated heterocycles. The van der Waals surface area contributed by atoms with E-state index in [-0.39, 0.29) is 0 Å². The van der Waals surface area contributed by atoms with Gasteiger partial charge in [0.15, 0.2) is 0 Å². The summed E-state index contributed by atoms with van der Waals surface area (Å²) in [4.78, 5) is 1.21. The van der Waals surface area contributed by atoms with Gasteiger partial charge in [0.25, 0.3) is 0 Å². The van der Waals surface area contributed by atoms with Crippen molar-refractivity contribution in [2.24, 2.45) is 0 Å². The van der Waals surface area contributed by atoms with E-state index in [1.54, 1.807) is 11.3 Å². The van der Waals surface area contributed by atoms with E-state index in [2.05, 4.69) is 6.07 Å². The number of rotatable bonds is 1. The molecule has 14 heavy (non-hydrogen) atoms. The first-order valence-electron chi connectivity index (χ1n) is 4.18. The van der Waals surface area contributed by atoms with Crippen LogP contribution in [0.1, 0.15) is 4.88 Å². The summed E-state index contributed by atoms with van der Waals surface area (Å²) in [6.07, 6.45) is 0. The largest absolute Gasteiger partial charge is 0.128 e. The van der Waals surface area contributed by atoms with Crippen molar-refractivity contribution in [1.29, 1.82) is 0 Å². The molecule has 0 amide bonds. The minimum absolute atomic E-state index is 0.738. The highest BCUT2D eigenvalue weighted by Gasteiger charge is 2.06. The second kappa shape index (κ2) is 3.93. The lowest BCUT2D eigenvalue weighted by atomic mass is 10.1. The Balaban J connectivity index is 2.54. The summed E-state index contributed by atoms with van der Waals surface area (Å²) in [6.45, 7) is 2.05. The lowest BCUT2D eigenvalue weighted by Gasteiger charge is -1.98. The predicted molar refractivity (Wildman–Crippen MR) is 64.5 cm³/mol. The fraction of sp³-hybridized carbons (Fsp3) is 0.0909. The van der Waals surface area contributed by atoms with E-state index in [4.69, 9.17) is 23.2 Å². The van der Waals surface area contributed by atoms with Gasteiger partial charge in [-0.3, -0.25) is 0 Å². The molecule has 0 aliphatic carbocycles. The maximum Gasteiger partial charge on any atom is 0.101 e. The van der Waals surface area contributed by atoms with Crippen LogP contribution in [-0.4, -0.2) is 0 Å². The summed E-state index contributed by atoms with van der Waals surface area (Å²) in [5.41, 5.74) is 2.14. The van der Waals surface area contributed by atoms with Crippen LogP contribution in [0.4, 0.5) is 0 Å². The van der Waals surface area contributed by atoms with E-state index in [9.17, 15) is 0 Å². The van der Waals surface area contributed by atoms with Crippen LogP contribution in [0.15, 0.2) is 30.3 Å². The van der Waals surface area contributed by atoms with Gasteiger partial charge in [0, 0.05) is 15.5 Å². The molecule has 0 aliphatic rings. The van der Waals surface area contributed by atoms with E-state index in [1.807, 2.05) is 31.2 Å². The normalized spacial score (nSPS) is 10.5. The van der Waals surface area contributed by atoms with Crippen LogP contribution in [0.3, 0.4) is 0 Å². The molecule has 0 unspecified atom stereocenters. The third-order valence-corrected chi connectivity index (χ3v) is 3.45. The van der Waals surface area contributed by atoms with Crippen molar-refractivity contribution in [2.45, 2.75) is 6.92 Å². The third kappa shape index (κ3) is 1.95. The van der Waals surface area contributed by atoms with Gasteiger partial charge in [0.1, 0.15) is 4.34 Å². The highest BCUT2D eigenvalue weighted by molar-refractivity contribution is 7.16. The first kappa shape index (κ1) is 10.0. The number of halogens is 2. The van der Waals surface area contributed by atoms with Crippen LogP contribution in [0.2, 0.25) is 9.36 Å². The number of benzene rings is 1. The van der Waals surface area contributed by atoms with Crippen LogP contribution < -0.4 is 0 Å². The molecule has 3 heteroatoms. The molecule has 0 bridgehead atoms. The van der Waals surface area contributed by atoms with Crippen LogP contribution in [0, 0.1) is 6.92 Å². The molecule has 1 heterocycles. The lowest BCUT2D eigenvalue weighted by Crippen LogP contribution is -1.73. The number of hydrogen-bond acceptors (Lipinski definition) is 1. The molecule has 0 fully saturated rings. The zero-order valence-corrected chi connectivity index (χ0v) is 9.88. The lowest BCUT2D eigenvalue weighted by molar-refractivity contribution is 1.61. The Labute approximate surface area is 97.1 Å². The molecule has 0 saturated carbocycles. The van der Waals surface area contributed by atoms with Crippen LogP contribution >= 0.6 is 34.5 Å². The molecule has 0 nitrogen and oxygen atoms in total. The number of hydrogen-bond donors (Lipinski definition) is 0. The summed E-state index contributed by atoms with van der Waals surface area (Å²) in [7, 11) is 0. The molecule has 2 aromatic rings. The predicted octanol–water partition coefficient (Wildman–Crippen LogP) is 5.03. The van der Waals surface area contributed by atoms with Gasteiger partial charge in [-0.2, -0.15) is 0 Å². The molecular formula is C11H8Cl2S. The van der Waals surface area contributed by atoms with Crippen molar-refractivity contribution < 1.29 is 0 Å². The molecule has 2 rings (SSSR count). The van der Waals surface area contributed by atoms with Gasteiger partial charge in [0.05, 0.1) is 0 Å². The Morgan fingerprint density at radius 1 is 1.14 bits per heavy atom. The van der Waals surface area contributed by atoms with Crippen molar-refractivity contribution in [3.05, 3.63) is 44.6 Å². The Morgan fingerprint density at radius 3 is 2.50 bits per heavy atom. The topological polar surface area (TPSA) is 0 Å². The van der Waals surface area contributed by atoms with Gasteiger partial charge in [-0.1, -0.05) is 35.3 Å². The SMILES string of the molecule is Cc1cc(-c2cccc(Cl)c2)c(Cl)s1. The average molecular weight is 243 g/mol. The van der Waals surface area contributed by atoms with Crippen molar-refractivity contribution in [2.75, 3.05) is 0 Å². The van der Waals surface area contributed by atoms with Gasteiger partial charge in [-0.15, -0.1) is 11.3 Å². The quantitative estimate of drug-likeness (QED) is 0.658. The van der Waals surface area contributed by atoms with Crippen molar-refractivity contribution >= 4 is 34.5 Å². The van der Waals surface area contributed by atoms with Gasteiger partial charge in [0.2, 0.25) is 0 Å². The first-order chi connectivity index (χ1) is 6.66. The van der Waals surface area contributed by atoms with Crippen molar-refractivity contribution in [1.82, 2.24) is 0 Å². The third-order valence-electron chi connectivity index (χ3n) is 1.95. The minimum Gasteiger partial charge on any atom is -0.128 e. The Morgan fingerprint density at radius 2 is 1.93 bits per heavy atom. The fourth-order valence-electron chi connectivity index (χ4n) is 1.34. The Bertz CT molecular complexity index is 460. The maximum atomic E-state index is 6.11.